The van der Waals surface area contributed by atoms with Gasteiger partial charge in [0.1, 0.15) is 0 Å². The van der Waals surface area contributed by atoms with Gasteiger partial charge in [0, 0.05) is 0 Å². The Morgan fingerprint density at radius 3 is 2.58 bits per heavy atom. The summed E-state index contributed by atoms with van der Waals surface area (Å²) >= 11 is 0. The van der Waals surface area contributed by atoms with Gasteiger partial charge in [-0.1, -0.05) is 12.1 Å². The molecule has 12 heavy (non-hydrogen) atoms. The zero-order valence-corrected chi connectivity index (χ0v) is 6.81. The van der Waals surface area contributed by atoms with Gasteiger partial charge in [-0.25, -0.2) is 0 Å². The molecule has 0 aliphatic carbocycles. The molecule has 0 fully saturated rings. The Balaban J connectivity index is 2.48. The Hall–Kier alpha value is -1.64. The molecule has 1 heterocycles. The van der Waals surface area contributed by atoms with E-state index in [9.17, 15) is 0 Å². The summed E-state index contributed by atoms with van der Waals surface area (Å²) in [6, 6.07) is 8.06. The monoisotopic (exact) mass is 159 g/mol. The highest BCUT2D eigenvalue weighted by Crippen LogP contribution is 2.06. The van der Waals surface area contributed by atoms with E-state index in [-0.39, 0.29) is 0 Å². The zero-order valence-electron chi connectivity index (χ0n) is 6.81. The highest BCUT2D eigenvalue weighted by Gasteiger charge is 1.95. The molecule has 2 aromatic rings. The number of benzene rings is 1. The summed E-state index contributed by atoms with van der Waals surface area (Å²) < 4.78 is 0. The maximum absolute atomic E-state index is 4.03. The van der Waals surface area contributed by atoms with E-state index in [1.54, 1.807) is 17.2 Å². The molecule has 0 atom stereocenters. The van der Waals surface area contributed by atoms with Crippen LogP contribution in [0.2, 0.25) is 0 Å². The second-order valence-electron chi connectivity index (χ2n) is 2.66. The predicted molar refractivity (Wildman–Crippen MR) is 46.1 cm³/mol. The molecule has 0 unspecified atom stereocenters. The van der Waals surface area contributed by atoms with Gasteiger partial charge in [0.05, 0.1) is 18.1 Å². The van der Waals surface area contributed by atoms with Crippen LogP contribution in [0.15, 0.2) is 36.7 Å². The highest BCUT2D eigenvalue weighted by molar-refractivity contribution is 5.32. The van der Waals surface area contributed by atoms with Gasteiger partial charge < -0.3 is 0 Å². The molecule has 3 heteroatoms. The van der Waals surface area contributed by atoms with E-state index in [4.69, 9.17) is 0 Å². The van der Waals surface area contributed by atoms with Crippen molar-refractivity contribution in [3.05, 3.63) is 42.2 Å². The van der Waals surface area contributed by atoms with Crippen LogP contribution < -0.4 is 0 Å². The van der Waals surface area contributed by atoms with Crippen molar-refractivity contribution in [1.82, 2.24) is 15.0 Å². The number of hydrogen-bond donors (Lipinski definition) is 0. The molecular formula is C9H9N3. The first-order chi connectivity index (χ1) is 5.86. The van der Waals surface area contributed by atoms with Crippen LogP contribution in [0.1, 0.15) is 5.56 Å². The average Bonchev–Trinajstić information content (AvgIpc) is 2.56. The third-order valence-corrected chi connectivity index (χ3v) is 1.65. The molecule has 0 aliphatic rings. The van der Waals surface area contributed by atoms with Gasteiger partial charge in [-0.2, -0.15) is 15.0 Å². The lowest BCUT2D eigenvalue weighted by atomic mass is 10.2. The van der Waals surface area contributed by atoms with Crippen LogP contribution >= 0.6 is 0 Å². The summed E-state index contributed by atoms with van der Waals surface area (Å²) in [5.74, 6) is 0. The standard InChI is InChI=1S/C9H9N3/c1-8-3-2-4-9(7-8)12-10-5-6-11-12/h2-7H,1H3. The van der Waals surface area contributed by atoms with Crippen molar-refractivity contribution in [2.75, 3.05) is 0 Å². The second kappa shape index (κ2) is 2.77. The summed E-state index contributed by atoms with van der Waals surface area (Å²) in [6.07, 6.45) is 3.34. The summed E-state index contributed by atoms with van der Waals surface area (Å²) in [5.41, 5.74) is 2.21. The fraction of sp³-hybridized carbons (Fsp3) is 0.111. The minimum atomic E-state index is 1.00. The lowest BCUT2D eigenvalue weighted by Gasteiger charge is -1.99. The predicted octanol–water partition coefficient (Wildman–Crippen LogP) is 1.58. The SMILES string of the molecule is Cc1cccc(-n2nccn2)c1. The molecule has 60 valence electrons. The lowest BCUT2D eigenvalue weighted by Crippen LogP contribution is -1.97. The Labute approximate surface area is 70.6 Å². The van der Waals surface area contributed by atoms with Crippen molar-refractivity contribution in [3.63, 3.8) is 0 Å². The second-order valence-corrected chi connectivity index (χ2v) is 2.66. The third kappa shape index (κ3) is 1.21. The van der Waals surface area contributed by atoms with Crippen LogP contribution in [-0.4, -0.2) is 15.0 Å². The normalized spacial score (nSPS) is 10.1. The molecule has 0 saturated carbocycles. The van der Waals surface area contributed by atoms with Crippen molar-refractivity contribution >= 4 is 0 Å². The molecule has 2 rings (SSSR count). The van der Waals surface area contributed by atoms with E-state index in [0.29, 0.717) is 0 Å². The smallest absolute Gasteiger partial charge is 0.0859 e. The molecule has 1 aromatic heterocycles. The third-order valence-electron chi connectivity index (χ3n) is 1.65. The summed E-state index contributed by atoms with van der Waals surface area (Å²) in [7, 11) is 0. The fourth-order valence-electron chi connectivity index (χ4n) is 1.10. The molecule has 0 saturated heterocycles. The van der Waals surface area contributed by atoms with Crippen LogP contribution in [0, 0.1) is 6.92 Å². The van der Waals surface area contributed by atoms with Crippen molar-refractivity contribution in [3.8, 4) is 5.69 Å². The molecule has 1 aromatic carbocycles. The number of nitrogens with zero attached hydrogens (tertiary/aromatic N) is 3. The van der Waals surface area contributed by atoms with Crippen LogP contribution in [0.4, 0.5) is 0 Å². The lowest BCUT2D eigenvalue weighted by molar-refractivity contribution is 0.751. The maximum Gasteiger partial charge on any atom is 0.0859 e. The Morgan fingerprint density at radius 2 is 1.92 bits per heavy atom. The minimum Gasteiger partial charge on any atom is -0.157 e. The quantitative estimate of drug-likeness (QED) is 0.632. The Morgan fingerprint density at radius 1 is 1.17 bits per heavy atom. The van der Waals surface area contributed by atoms with E-state index in [0.717, 1.165) is 5.69 Å². The zero-order chi connectivity index (χ0) is 8.39. The number of aromatic nitrogens is 3. The highest BCUT2D eigenvalue weighted by atomic mass is 15.5. The van der Waals surface area contributed by atoms with Gasteiger partial charge in [-0.05, 0) is 24.6 Å². The van der Waals surface area contributed by atoms with E-state index < -0.39 is 0 Å². The van der Waals surface area contributed by atoms with E-state index >= 15 is 0 Å². The molecule has 0 N–H and O–H groups in total. The summed E-state index contributed by atoms with van der Waals surface area (Å²) in [4.78, 5) is 1.60. The summed E-state index contributed by atoms with van der Waals surface area (Å²) in [5, 5.41) is 8.07. The topological polar surface area (TPSA) is 30.7 Å². The average molecular weight is 159 g/mol. The van der Waals surface area contributed by atoms with Crippen LogP contribution in [-0.2, 0) is 0 Å². The molecule has 0 amide bonds. The maximum atomic E-state index is 4.03. The molecule has 0 bridgehead atoms. The van der Waals surface area contributed by atoms with Crippen molar-refractivity contribution in [2.45, 2.75) is 6.92 Å². The molecule has 3 nitrogen and oxygen atoms in total. The molecule has 0 radical (unpaired) electrons. The molecule has 0 spiro atoms. The van der Waals surface area contributed by atoms with Gasteiger partial charge in [0.15, 0.2) is 0 Å². The van der Waals surface area contributed by atoms with Gasteiger partial charge >= 0.3 is 0 Å². The summed E-state index contributed by atoms with van der Waals surface area (Å²) in [6.45, 7) is 2.05. The first-order valence-electron chi connectivity index (χ1n) is 3.79. The molecular weight excluding hydrogens is 150 g/mol. The van der Waals surface area contributed by atoms with Crippen LogP contribution in [0.5, 0.6) is 0 Å². The van der Waals surface area contributed by atoms with E-state index in [1.165, 1.54) is 5.56 Å². The minimum absolute atomic E-state index is 1.00. The van der Waals surface area contributed by atoms with Gasteiger partial charge in [0.25, 0.3) is 0 Å². The number of hydrogen-bond acceptors (Lipinski definition) is 2. The number of aryl methyl sites for hydroxylation is 1. The Kier molecular flexibility index (Phi) is 1.63. The Bertz CT molecular complexity index is 365. The largest absolute Gasteiger partial charge is 0.157 e. The van der Waals surface area contributed by atoms with Crippen molar-refractivity contribution in [2.24, 2.45) is 0 Å². The number of rotatable bonds is 1. The van der Waals surface area contributed by atoms with Crippen LogP contribution in [0.25, 0.3) is 5.69 Å². The first kappa shape index (κ1) is 7.03. The van der Waals surface area contributed by atoms with Gasteiger partial charge in [-0.3, -0.25) is 0 Å². The van der Waals surface area contributed by atoms with Crippen LogP contribution in [0.3, 0.4) is 0 Å². The van der Waals surface area contributed by atoms with Gasteiger partial charge in [0.2, 0.25) is 0 Å². The van der Waals surface area contributed by atoms with Crippen molar-refractivity contribution in [1.29, 1.82) is 0 Å². The fourth-order valence-corrected chi connectivity index (χ4v) is 1.10. The van der Waals surface area contributed by atoms with Crippen molar-refractivity contribution < 1.29 is 0 Å². The molecule has 0 aliphatic heterocycles. The van der Waals surface area contributed by atoms with Gasteiger partial charge in [-0.15, -0.1) is 0 Å². The van der Waals surface area contributed by atoms with E-state index in [2.05, 4.69) is 10.2 Å². The van der Waals surface area contributed by atoms with E-state index in [1.807, 2.05) is 31.2 Å². The first-order valence-corrected chi connectivity index (χ1v) is 3.79.